The Balaban J connectivity index is 2.12. The molecule has 0 bridgehead atoms. The van der Waals surface area contributed by atoms with Crippen LogP contribution in [0.3, 0.4) is 0 Å². The van der Waals surface area contributed by atoms with Gasteiger partial charge < -0.3 is 10.6 Å². The van der Waals surface area contributed by atoms with Crippen LogP contribution in [-0.2, 0) is 27.5 Å². The van der Waals surface area contributed by atoms with E-state index in [2.05, 4.69) is 15.6 Å². The number of nitrogens with one attached hydrogen (secondary N) is 3. The fourth-order valence-corrected chi connectivity index (χ4v) is 3.12. The number of anilines is 2. The zero-order chi connectivity index (χ0) is 24.8. The molecular formula is C20H21F5N4O3S. The number of rotatable bonds is 9. The van der Waals surface area contributed by atoms with Gasteiger partial charge in [0, 0.05) is 30.3 Å². The number of halogens is 5. The SMILES string of the molecule is CCCNc1nc(C(F)(F)F)ccc1/C=C/C(=O)NCc1ccc(NS(C)(=O)=O)c(F)c1F. The van der Waals surface area contributed by atoms with Crippen LogP contribution in [0.15, 0.2) is 30.3 Å². The van der Waals surface area contributed by atoms with E-state index < -0.39 is 51.7 Å². The Morgan fingerprint density at radius 2 is 1.82 bits per heavy atom. The van der Waals surface area contributed by atoms with Crippen molar-refractivity contribution in [1.82, 2.24) is 10.3 Å². The summed E-state index contributed by atoms with van der Waals surface area (Å²) in [5, 5.41) is 5.07. The molecular weight excluding hydrogens is 471 g/mol. The number of alkyl halides is 3. The highest BCUT2D eigenvalue weighted by Crippen LogP contribution is 2.30. The zero-order valence-electron chi connectivity index (χ0n) is 17.6. The largest absolute Gasteiger partial charge is 0.433 e. The molecule has 1 heterocycles. The summed E-state index contributed by atoms with van der Waals surface area (Å²) in [4.78, 5) is 15.6. The van der Waals surface area contributed by atoms with Gasteiger partial charge >= 0.3 is 6.18 Å². The predicted molar refractivity (Wildman–Crippen MR) is 114 cm³/mol. The second-order valence-electron chi connectivity index (χ2n) is 6.88. The van der Waals surface area contributed by atoms with E-state index >= 15 is 0 Å². The fraction of sp³-hybridized carbons (Fsp3) is 0.300. The lowest BCUT2D eigenvalue weighted by Gasteiger charge is -2.12. The maximum atomic E-state index is 14.2. The minimum Gasteiger partial charge on any atom is -0.370 e. The summed E-state index contributed by atoms with van der Waals surface area (Å²) in [7, 11) is -3.82. The smallest absolute Gasteiger partial charge is 0.370 e. The van der Waals surface area contributed by atoms with Gasteiger partial charge in [-0.05, 0) is 30.7 Å². The number of hydrogen-bond acceptors (Lipinski definition) is 5. The van der Waals surface area contributed by atoms with Gasteiger partial charge in [0.1, 0.15) is 11.5 Å². The lowest BCUT2D eigenvalue weighted by atomic mass is 10.1. The summed E-state index contributed by atoms with van der Waals surface area (Å²) in [5.41, 5.74) is -1.68. The van der Waals surface area contributed by atoms with Crippen LogP contribution in [0.4, 0.5) is 33.5 Å². The Morgan fingerprint density at radius 3 is 2.42 bits per heavy atom. The molecule has 3 N–H and O–H groups in total. The average Bonchev–Trinajstić information content (AvgIpc) is 2.72. The van der Waals surface area contributed by atoms with Gasteiger partial charge in [-0.3, -0.25) is 9.52 Å². The zero-order valence-corrected chi connectivity index (χ0v) is 18.4. The number of sulfonamides is 1. The summed E-state index contributed by atoms with van der Waals surface area (Å²) < 4.78 is 91.1. The third kappa shape index (κ3) is 7.70. The van der Waals surface area contributed by atoms with Crippen molar-refractivity contribution in [2.45, 2.75) is 26.1 Å². The van der Waals surface area contributed by atoms with E-state index in [0.29, 0.717) is 13.0 Å². The molecule has 1 aromatic carbocycles. The second kappa shape index (κ2) is 10.6. The summed E-state index contributed by atoms with van der Waals surface area (Å²) in [6.45, 7) is 1.75. The number of hydrogen-bond donors (Lipinski definition) is 3. The van der Waals surface area contributed by atoms with Crippen LogP contribution in [0.2, 0.25) is 0 Å². The summed E-state index contributed by atoms with van der Waals surface area (Å²) >= 11 is 0. The first kappa shape index (κ1) is 26.0. The van der Waals surface area contributed by atoms with Crippen molar-refractivity contribution in [3.8, 4) is 0 Å². The molecule has 0 aliphatic rings. The van der Waals surface area contributed by atoms with Gasteiger partial charge in [0.25, 0.3) is 0 Å². The minimum atomic E-state index is -4.63. The number of benzene rings is 1. The Bertz CT molecular complexity index is 1150. The first-order valence-corrected chi connectivity index (χ1v) is 11.4. The van der Waals surface area contributed by atoms with Gasteiger partial charge in [-0.1, -0.05) is 13.0 Å². The van der Waals surface area contributed by atoms with Crippen LogP contribution in [0, 0.1) is 11.6 Å². The molecule has 13 heteroatoms. The molecule has 1 amide bonds. The Kier molecular flexibility index (Phi) is 8.36. The number of aromatic nitrogens is 1. The van der Waals surface area contributed by atoms with E-state index in [1.807, 2.05) is 11.6 Å². The Morgan fingerprint density at radius 1 is 1.12 bits per heavy atom. The molecule has 1 aromatic heterocycles. The lowest BCUT2D eigenvalue weighted by Crippen LogP contribution is -2.21. The fourth-order valence-electron chi connectivity index (χ4n) is 2.56. The van der Waals surface area contributed by atoms with E-state index in [1.165, 1.54) is 6.08 Å². The molecule has 0 radical (unpaired) electrons. The maximum Gasteiger partial charge on any atom is 0.433 e. The van der Waals surface area contributed by atoms with E-state index in [1.54, 1.807) is 0 Å². The Labute approximate surface area is 187 Å². The van der Waals surface area contributed by atoms with E-state index in [0.717, 1.165) is 36.6 Å². The van der Waals surface area contributed by atoms with Crippen molar-refractivity contribution >= 4 is 33.5 Å². The van der Waals surface area contributed by atoms with Gasteiger partial charge in [0.2, 0.25) is 15.9 Å². The van der Waals surface area contributed by atoms with Gasteiger partial charge in [-0.15, -0.1) is 0 Å². The number of amides is 1. The number of pyridine rings is 1. The van der Waals surface area contributed by atoms with Crippen molar-refractivity contribution in [2.24, 2.45) is 0 Å². The molecule has 0 saturated heterocycles. The monoisotopic (exact) mass is 492 g/mol. The van der Waals surface area contributed by atoms with Crippen LogP contribution in [0.1, 0.15) is 30.2 Å². The summed E-state index contributed by atoms with van der Waals surface area (Å²) in [6.07, 6.45) is -0.984. The number of nitrogens with zero attached hydrogens (tertiary/aromatic N) is 1. The first-order chi connectivity index (χ1) is 15.3. The second-order valence-corrected chi connectivity index (χ2v) is 8.63. The molecule has 0 atom stereocenters. The molecule has 2 aromatic rings. The number of carbonyl (C=O) groups excluding carboxylic acids is 1. The predicted octanol–water partition coefficient (Wildman–Crippen LogP) is 3.90. The molecule has 0 aliphatic carbocycles. The van der Waals surface area contributed by atoms with Crippen molar-refractivity contribution < 1.29 is 35.2 Å². The van der Waals surface area contributed by atoms with Crippen molar-refractivity contribution in [3.63, 3.8) is 0 Å². The topological polar surface area (TPSA) is 100 Å². The van der Waals surface area contributed by atoms with E-state index in [4.69, 9.17) is 0 Å². The lowest BCUT2D eigenvalue weighted by molar-refractivity contribution is -0.141. The maximum absolute atomic E-state index is 14.2. The molecule has 0 unspecified atom stereocenters. The standard InChI is InChI=1S/C20H21F5N4O3S/c1-3-10-26-19-12(5-8-15(28-19)20(23,24)25)6-9-16(30)27-11-13-4-7-14(18(22)17(13)21)29-33(2,31)32/h4-9,29H,3,10-11H2,1-2H3,(H,26,28)(H,27,30)/b9-6+. The molecule has 33 heavy (non-hydrogen) atoms. The van der Waals surface area contributed by atoms with Crippen molar-refractivity contribution in [2.75, 3.05) is 22.8 Å². The molecule has 0 fully saturated rings. The third-order valence-electron chi connectivity index (χ3n) is 4.08. The van der Waals surface area contributed by atoms with Crippen molar-refractivity contribution in [1.29, 1.82) is 0 Å². The van der Waals surface area contributed by atoms with E-state index in [-0.39, 0.29) is 16.9 Å². The molecule has 0 aliphatic heterocycles. The molecule has 2 rings (SSSR count). The number of carbonyl (C=O) groups is 1. The highest BCUT2D eigenvalue weighted by molar-refractivity contribution is 7.92. The van der Waals surface area contributed by atoms with Gasteiger partial charge in [-0.25, -0.2) is 22.2 Å². The van der Waals surface area contributed by atoms with Gasteiger partial charge in [0.15, 0.2) is 11.6 Å². The van der Waals surface area contributed by atoms with Crippen LogP contribution in [-0.4, -0.2) is 32.1 Å². The Hall–Kier alpha value is -3.22. The molecule has 0 spiro atoms. The van der Waals surface area contributed by atoms with Crippen LogP contribution in [0.5, 0.6) is 0 Å². The van der Waals surface area contributed by atoms with Crippen LogP contribution < -0.4 is 15.4 Å². The van der Waals surface area contributed by atoms with Crippen molar-refractivity contribution in [3.05, 3.63) is 58.8 Å². The minimum absolute atomic E-state index is 0.0576. The van der Waals surface area contributed by atoms with Crippen LogP contribution in [0.25, 0.3) is 6.08 Å². The van der Waals surface area contributed by atoms with Crippen LogP contribution >= 0.6 is 0 Å². The highest BCUT2D eigenvalue weighted by atomic mass is 32.2. The highest BCUT2D eigenvalue weighted by Gasteiger charge is 2.32. The molecule has 180 valence electrons. The summed E-state index contributed by atoms with van der Waals surface area (Å²) in [5.74, 6) is -3.55. The molecule has 7 nitrogen and oxygen atoms in total. The third-order valence-corrected chi connectivity index (χ3v) is 4.68. The first-order valence-electron chi connectivity index (χ1n) is 9.54. The quantitative estimate of drug-likeness (QED) is 0.364. The van der Waals surface area contributed by atoms with Gasteiger partial charge in [-0.2, -0.15) is 13.2 Å². The normalized spacial score (nSPS) is 12.1. The van der Waals surface area contributed by atoms with E-state index in [9.17, 15) is 35.2 Å². The molecule has 0 saturated carbocycles. The summed E-state index contributed by atoms with van der Waals surface area (Å²) in [6, 6.07) is 4.04. The average molecular weight is 492 g/mol. The van der Waals surface area contributed by atoms with Gasteiger partial charge in [0.05, 0.1) is 11.9 Å².